The second kappa shape index (κ2) is 7.13. The van der Waals surface area contributed by atoms with E-state index in [1.807, 2.05) is 13.0 Å². The van der Waals surface area contributed by atoms with Gasteiger partial charge in [0.1, 0.15) is 0 Å². The largest absolute Gasteiger partial charge is 0.502 e. The molecule has 0 saturated carbocycles. The van der Waals surface area contributed by atoms with Gasteiger partial charge in [-0.05, 0) is 19.3 Å². The van der Waals surface area contributed by atoms with Crippen LogP contribution in [0.1, 0.15) is 26.2 Å². The van der Waals surface area contributed by atoms with Gasteiger partial charge in [-0.3, -0.25) is 4.57 Å². The first kappa shape index (κ1) is 12.7. The second-order valence-electron chi connectivity index (χ2n) is 2.75. The summed E-state index contributed by atoms with van der Waals surface area (Å²) in [4.78, 5) is 17.0. The molecular weight excluding hydrogens is 191 g/mol. The van der Waals surface area contributed by atoms with Crippen molar-refractivity contribution in [2.24, 2.45) is 0 Å². The first-order valence-corrected chi connectivity index (χ1v) is 6.17. The van der Waals surface area contributed by atoms with Crippen molar-refractivity contribution in [3.8, 4) is 0 Å². The van der Waals surface area contributed by atoms with E-state index in [0.717, 1.165) is 6.42 Å². The molecule has 0 fully saturated rings. The van der Waals surface area contributed by atoms with Crippen LogP contribution in [0.2, 0.25) is 0 Å². The zero-order chi connectivity index (χ0) is 10.2. The molecule has 0 heterocycles. The van der Waals surface area contributed by atoms with Gasteiger partial charge >= 0.3 is 7.60 Å². The van der Waals surface area contributed by atoms with Crippen LogP contribution in [0.25, 0.3) is 0 Å². The molecule has 0 aliphatic rings. The van der Waals surface area contributed by atoms with Crippen LogP contribution >= 0.6 is 7.60 Å². The van der Waals surface area contributed by atoms with Gasteiger partial charge in [-0.15, -0.1) is 0 Å². The molecule has 0 aromatic carbocycles. The van der Waals surface area contributed by atoms with E-state index in [4.69, 9.17) is 14.5 Å². The number of rotatable bonds is 7. The van der Waals surface area contributed by atoms with E-state index < -0.39 is 7.60 Å². The van der Waals surface area contributed by atoms with E-state index in [9.17, 15) is 4.57 Å². The van der Waals surface area contributed by atoms with Gasteiger partial charge in [-0.25, -0.2) is 0 Å². The fourth-order valence-corrected chi connectivity index (χ4v) is 1.37. The lowest BCUT2D eigenvalue weighted by molar-refractivity contribution is 0.242. The van der Waals surface area contributed by atoms with Gasteiger partial charge in [0, 0.05) is 6.16 Å². The predicted octanol–water partition coefficient (Wildman–Crippen LogP) is 1.88. The van der Waals surface area contributed by atoms with Crippen LogP contribution in [0, 0.1) is 0 Å². The molecule has 0 bridgehead atoms. The van der Waals surface area contributed by atoms with Crippen molar-refractivity contribution in [2.75, 3.05) is 12.8 Å². The van der Waals surface area contributed by atoms with Crippen LogP contribution in [0.4, 0.5) is 0 Å². The fraction of sp³-hybridized carbons (Fsp3) is 0.750. The lowest BCUT2D eigenvalue weighted by Crippen LogP contribution is -1.92. The lowest BCUT2D eigenvalue weighted by atomic mass is 10.4. The summed E-state index contributed by atoms with van der Waals surface area (Å²) < 4.78 is 15.5. The first-order valence-electron chi connectivity index (χ1n) is 4.37. The molecule has 0 rings (SSSR count). The summed E-state index contributed by atoms with van der Waals surface area (Å²) in [6.07, 6.45) is 5.58. The fourth-order valence-electron chi connectivity index (χ4n) is 0.735. The molecule has 0 aliphatic heterocycles. The van der Waals surface area contributed by atoms with Crippen molar-refractivity contribution in [3.05, 3.63) is 12.3 Å². The molecule has 0 aromatic heterocycles. The summed E-state index contributed by atoms with van der Waals surface area (Å²) >= 11 is 0. The summed E-state index contributed by atoms with van der Waals surface area (Å²) in [6, 6.07) is 0. The number of unbranched alkanes of at least 4 members (excludes halogenated alkanes) is 1. The van der Waals surface area contributed by atoms with E-state index in [0.29, 0.717) is 19.4 Å². The minimum Gasteiger partial charge on any atom is -0.502 e. The molecule has 78 valence electrons. The Balaban J connectivity index is 3.18. The Labute approximate surface area is 78.8 Å². The molecule has 0 atom stereocenters. The molecule has 0 spiro atoms. The van der Waals surface area contributed by atoms with Gasteiger partial charge in [0.2, 0.25) is 0 Å². The Morgan fingerprint density at radius 1 is 1.38 bits per heavy atom. The van der Waals surface area contributed by atoms with Gasteiger partial charge in [0.25, 0.3) is 0 Å². The van der Waals surface area contributed by atoms with E-state index in [1.54, 1.807) is 6.26 Å². The molecule has 13 heavy (non-hydrogen) atoms. The van der Waals surface area contributed by atoms with Crippen LogP contribution in [0.15, 0.2) is 12.3 Å². The summed E-state index contributed by atoms with van der Waals surface area (Å²) in [5, 5.41) is 0. The van der Waals surface area contributed by atoms with Crippen molar-refractivity contribution in [1.29, 1.82) is 0 Å². The Bertz CT molecular complexity index is 185. The molecule has 4 nitrogen and oxygen atoms in total. The minimum atomic E-state index is -3.80. The summed E-state index contributed by atoms with van der Waals surface area (Å²) in [7, 11) is -3.80. The third kappa shape index (κ3) is 11.7. The molecule has 5 heteroatoms. The van der Waals surface area contributed by atoms with E-state index in [-0.39, 0.29) is 6.16 Å². The highest BCUT2D eigenvalue weighted by Crippen LogP contribution is 2.35. The third-order valence-corrected chi connectivity index (χ3v) is 2.29. The van der Waals surface area contributed by atoms with E-state index in [1.165, 1.54) is 0 Å². The van der Waals surface area contributed by atoms with Crippen LogP contribution in [0.5, 0.6) is 0 Å². The summed E-state index contributed by atoms with van der Waals surface area (Å²) in [5.74, 6) is 0. The molecule has 0 unspecified atom stereocenters. The van der Waals surface area contributed by atoms with Crippen LogP contribution < -0.4 is 0 Å². The smallest absolute Gasteiger partial charge is 0.325 e. The number of hydrogen-bond acceptors (Lipinski definition) is 2. The first-order chi connectivity index (χ1) is 6.06. The maximum Gasteiger partial charge on any atom is 0.325 e. The molecule has 0 aliphatic carbocycles. The third-order valence-electron chi connectivity index (χ3n) is 1.39. The van der Waals surface area contributed by atoms with E-state index in [2.05, 4.69) is 0 Å². The minimum absolute atomic E-state index is 0.0478. The Morgan fingerprint density at radius 3 is 2.62 bits per heavy atom. The van der Waals surface area contributed by atoms with Gasteiger partial charge in [0.15, 0.2) is 0 Å². The Kier molecular flexibility index (Phi) is 6.96. The van der Waals surface area contributed by atoms with Crippen molar-refractivity contribution in [1.82, 2.24) is 0 Å². The topological polar surface area (TPSA) is 66.8 Å². The second-order valence-corrected chi connectivity index (χ2v) is 4.52. The van der Waals surface area contributed by atoms with Crippen molar-refractivity contribution in [3.63, 3.8) is 0 Å². The highest BCUT2D eigenvalue weighted by molar-refractivity contribution is 7.51. The zero-order valence-corrected chi connectivity index (χ0v) is 8.74. The maximum absolute atomic E-state index is 10.4. The molecule has 0 radical (unpaired) electrons. The average molecular weight is 208 g/mol. The van der Waals surface area contributed by atoms with Crippen molar-refractivity contribution in [2.45, 2.75) is 26.2 Å². The van der Waals surface area contributed by atoms with Crippen LogP contribution in [-0.2, 0) is 9.30 Å². The average Bonchev–Trinajstić information content (AvgIpc) is 2.01. The van der Waals surface area contributed by atoms with Crippen LogP contribution in [-0.4, -0.2) is 22.6 Å². The highest BCUT2D eigenvalue weighted by Gasteiger charge is 2.10. The summed E-state index contributed by atoms with van der Waals surface area (Å²) in [6.45, 7) is 2.53. The molecule has 0 amide bonds. The number of hydrogen-bond donors (Lipinski definition) is 2. The quantitative estimate of drug-likeness (QED) is 0.381. The number of allylic oxidation sites excluding steroid dienone is 1. The highest BCUT2D eigenvalue weighted by atomic mass is 31.2. The van der Waals surface area contributed by atoms with Gasteiger partial charge in [-0.1, -0.05) is 13.0 Å². The molecular formula is C8H17O4P. The molecule has 0 saturated heterocycles. The monoisotopic (exact) mass is 208 g/mol. The Morgan fingerprint density at radius 2 is 2.08 bits per heavy atom. The molecule has 0 aromatic rings. The van der Waals surface area contributed by atoms with Gasteiger partial charge in [0.05, 0.1) is 12.9 Å². The lowest BCUT2D eigenvalue weighted by Gasteiger charge is -2.03. The normalized spacial score (nSPS) is 12.2. The Hall–Kier alpha value is -0.310. The number of ether oxygens (including phenoxy) is 1. The van der Waals surface area contributed by atoms with Gasteiger partial charge in [-0.2, -0.15) is 0 Å². The molecule has 2 N–H and O–H groups in total. The zero-order valence-electron chi connectivity index (χ0n) is 7.85. The van der Waals surface area contributed by atoms with Crippen molar-refractivity contribution < 1.29 is 19.1 Å². The predicted molar refractivity (Wildman–Crippen MR) is 51.5 cm³/mol. The standard InChI is InChI=1S/C8H17O4P/c1-2-3-6-12-7-4-5-8-13(9,10)11/h3,6H,2,4-5,7-8H2,1H3,(H2,9,10,11)/b6-3+. The van der Waals surface area contributed by atoms with Crippen LogP contribution in [0.3, 0.4) is 0 Å². The SMILES string of the molecule is CC/C=C/OCCCCP(=O)(O)O. The summed E-state index contributed by atoms with van der Waals surface area (Å²) in [5.41, 5.74) is 0. The maximum atomic E-state index is 10.4. The van der Waals surface area contributed by atoms with E-state index >= 15 is 0 Å². The van der Waals surface area contributed by atoms with Crippen molar-refractivity contribution >= 4 is 7.60 Å². The van der Waals surface area contributed by atoms with Gasteiger partial charge < -0.3 is 14.5 Å².